The van der Waals surface area contributed by atoms with Crippen LogP contribution >= 0.6 is 11.6 Å². The zero-order chi connectivity index (χ0) is 10.6. The van der Waals surface area contributed by atoms with Crippen molar-refractivity contribution < 1.29 is 8.42 Å². The van der Waals surface area contributed by atoms with Crippen LogP contribution in [0.3, 0.4) is 0 Å². The minimum atomic E-state index is -3.21. The summed E-state index contributed by atoms with van der Waals surface area (Å²) < 4.78 is 26.7. The van der Waals surface area contributed by atoms with Crippen LogP contribution in [0.25, 0.3) is 0 Å². The van der Waals surface area contributed by atoms with E-state index in [0.29, 0.717) is 6.54 Å². The molecule has 0 unspecified atom stereocenters. The number of rotatable bonds is 5. The molecule has 0 aliphatic rings. The molecular formula is C8H13ClN2O2S. The lowest BCUT2D eigenvalue weighted by atomic mass is 10.4. The molecule has 0 radical (unpaired) electrons. The number of hydrogen-bond donors (Lipinski definition) is 1. The van der Waals surface area contributed by atoms with Crippen LogP contribution < -0.4 is 4.72 Å². The van der Waals surface area contributed by atoms with Crippen LogP contribution in [0.4, 0.5) is 0 Å². The molecule has 1 aromatic rings. The second kappa shape index (κ2) is 4.82. The van der Waals surface area contributed by atoms with Crippen molar-refractivity contribution in [1.82, 2.24) is 9.29 Å². The first-order chi connectivity index (χ1) is 6.53. The molecular weight excluding hydrogens is 224 g/mol. The van der Waals surface area contributed by atoms with Crippen LogP contribution in [-0.2, 0) is 23.6 Å². The third-order valence-electron chi connectivity index (χ3n) is 1.74. The van der Waals surface area contributed by atoms with Crippen molar-refractivity contribution in [1.29, 1.82) is 0 Å². The Morgan fingerprint density at radius 1 is 1.57 bits per heavy atom. The monoisotopic (exact) mass is 236 g/mol. The van der Waals surface area contributed by atoms with Gasteiger partial charge in [-0.25, -0.2) is 13.1 Å². The standard InChI is InChI=1S/C8H13ClN2O2S/c1-11-4-2-8(7-11)6-10-14(12,13)5-3-9/h2,4,7,10H,3,5-6H2,1H3. The predicted octanol–water partition coefficient (Wildman–Crippen LogP) is 0.683. The second-order valence-corrected chi connectivity index (χ2v) is 5.32. The quantitative estimate of drug-likeness (QED) is 0.765. The maximum Gasteiger partial charge on any atom is 0.213 e. The molecule has 1 aromatic heterocycles. The van der Waals surface area contributed by atoms with Gasteiger partial charge in [-0.1, -0.05) is 0 Å². The third-order valence-corrected chi connectivity index (χ3v) is 3.47. The largest absolute Gasteiger partial charge is 0.357 e. The molecule has 0 aliphatic heterocycles. The highest BCUT2D eigenvalue weighted by Crippen LogP contribution is 1.99. The van der Waals surface area contributed by atoms with Crippen molar-refractivity contribution in [3.63, 3.8) is 0 Å². The highest BCUT2D eigenvalue weighted by molar-refractivity contribution is 7.89. The second-order valence-electron chi connectivity index (χ2n) is 3.01. The van der Waals surface area contributed by atoms with Gasteiger partial charge in [0.2, 0.25) is 10.0 Å². The molecule has 1 rings (SSSR count). The predicted molar refractivity (Wildman–Crippen MR) is 56.8 cm³/mol. The lowest BCUT2D eigenvalue weighted by Gasteiger charge is -2.02. The fourth-order valence-corrected chi connectivity index (χ4v) is 2.38. The maximum absolute atomic E-state index is 11.2. The lowest BCUT2D eigenvalue weighted by Crippen LogP contribution is -2.26. The first-order valence-electron chi connectivity index (χ1n) is 4.17. The Morgan fingerprint density at radius 3 is 2.79 bits per heavy atom. The third kappa shape index (κ3) is 3.69. The van der Waals surface area contributed by atoms with Crippen molar-refractivity contribution in [3.8, 4) is 0 Å². The van der Waals surface area contributed by atoms with Crippen molar-refractivity contribution in [2.45, 2.75) is 6.54 Å². The van der Waals surface area contributed by atoms with Gasteiger partial charge in [0.05, 0.1) is 5.75 Å². The number of sulfonamides is 1. The molecule has 0 bridgehead atoms. The van der Waals surface area contributed by atoms with Gasteiger partial charge >= 0.3 is 0 Å². The number of aromatic nitrogens is 1. The fraction of sp³-hybridized carbons (Fsp3) is 0.500. The normalized spacial score (nSPS) is 11.9. The van der Waals surface area contributed by atoms with Gasteiger partial charge in [-0.15, -0.1) is 11.6 Å². The van der Waals surface area contributed by atoms with Crippen molar-refractivity contribution in [2.75, 3.05) is 11.6 Å². The highest BCUT2D eigenvalue weighted by Gasteiger charge is 2.08. The van der Waals surface area contributed by atoms with Crippen LogP contribution in [-0.4, -0.2) is 24.6 Å². The minimum Gasteiger partial charge on any atom is -0.357 e. The topological polar surface area (TPSA) is 51.1 Å². The fourth-order valence-electron chi connectivity index (χ4n) is 1.03. The average Bonchev–Trinajstić information content (AvgIpc) is 2.48. The average molecular weight is 237 g/mol. The Kier molecular flexibility index (Phi) is 3.97. The van der Waals surface area contributed by atoms with Gasteiger partial charge in [-0.3, -0.25) is 0 Å². The molecule has 0 saturated carbocycles. The number of nitrogens with one attached hydrogen (secondary N) is 1. The van der Waals surface area contributed by atoms with Crippen molar-refractivity contribution in [2.24, 2.45) is 7.05 Å². The maximum atomic E-state index is 11.2. The first-order valence-corrected chi connectivity index (χ1v) is 6.36. The van der Waals surface area contributed by atoms with Gasteiger partial charge in [-0.05, 0) is 11.6 Å². The summed E-state index contributed by atoms with van der Waals surface area (Å²) in [6.45, 7) is 0.320. The number of hydrogen-bond acceptors (Lipinski definition) is 2. The van der Waals surface area contributed by atoms with E-state index < -0.39 is 10.0 Å². The summed E-state index contributed by atoms with van der Waals surface area (Å²) in [5.41, 5.74) is 0.936. The van der Waals surface area contributed by atoms with Gasteiger partial charge in [0.25, 0.3) is 0 Å². The molecule has 0 fully saturated rings. The molecule has 0 aromatic carbocycles. The van der Waals surface area contributed by atoms with E-state index in [9.17, 15) is 8.42 Å². The molecule has 6 heteroatoms. The smallest absolute Gasteiger partial charge is 0.213 e. The Balaban J connectivity index is 2.48. The molecule has 14 heavy (non-hydrogen) atoms. The van der Waals surface area contributed by atoms with E-state index in [-0.39, 0.29) is 11.6 Å². The summed E-state index contributed by atoms with van der Waals surface area (Å²) in [7, 11) is -1.33. The lowest BCUT2D eigenvalue weighted by molar-refractivity contribution is 0.583. The molecule has 0 amide bonds. The van der Waals surface area contributed by atoms with E-state index in [1.54, 1.807) is 0 Å². The van der Waals surface area contributed by atoms with E-state index in [2.05, 4.69) is 4.72 Å². The van der Waals surface area contributed by atoms with Gasteiger partial charge in [-0.2, -0.15) is 0 Å². The van der Waals surface area contributed by atoms with E-state index in [1.165, 1.54) is 0 Å². The highest BCUT2D eigenvalue weighted by atomic mass is 35.5. The van der Waals surface area contributed by atoms with Gasteiger partial charge in [0, 0.05) is 31.9 Å². The van der Waals surface area contributed by atoms with Gasteiger partial charge in [0.15, 0.2) is 0 Å². The summed E-state index contributed by atoms with van der Waals surface area (Å²) in [6, 6.07) is 1.86. The molecule has 0 aliphatic carbocycles. The van der Waals surface area contributed by atoms with Crippen LogP contribution in [0.2, 0.25) is 0 Å². The van der Waals surface area contributed by atoms with Gasteiger partial charge < -0.3 is 4.57 Å². The zero-order valence-electron chi connectivity index (χ0n) is 7.90. The minimum absolute atomic E-state index is 0.0403. The SMILES string of the molecule is Cn1ccc(CNS(=O)(=O)CCCl)c1. The molecule has 0 spiro atoms. The van der Waals surface area contributed by atoms with Crippen molar-refractivity contribution >= 4 is 21.6 Å². The van der Waals surface area contributed by atoms with E-state index in [4.69, 9.17) is 11.6 Å². The van der Waals surface area contributed by atoms with Crippen LogP contribution in [0.1, 0.15) is 5.56 Å². The van der Waals surface area contributed by atoms with Crippen molar-refractivity contribution in [3.05, 3.63) is 24.0 Å². The Hall–Kier alpha value is -0.520. The molecule has 4 nitrogen and oxygen atoms in total. The summed E-state index contributed by atoms with van der Waals surface area (Å²) in [5.74, 6) is 0.0749. The summed E-state index contributed by atoms with van der Waals surface area (Å²) in [5, 5.41) is 0. The number of aryl methyl sites for hydroxylation is 1. The van der Waals surface area contributed by atoms with Crippen LogP contribution in [0, 0.1) is 0 Å². The first kappa shape index (κ1) is 11.6. The van der Waals surface area contributed by atoms with Crippen LogP contribution in [0.15, 0.2) is 18.5 Å². The number of halogens is 1. The molecule has 0 atom stereocenters. The summed E-state index contributed by atoms with van der Waals surface area (Å²) >= 11 is 5.35. The van der Waals surface area contributed by atoms with Crippen LogP contribution in [0.5, 0.6) is 0 Å². The Morgan fingerprint density at radius 2 is 2.29 bits per heavy atom. The zero-order valence-corrected chi connectivity index (χ0v) is 9.48. The van der Waals surface area contributed by atoms with E-state index in [1.807, 2.05) is 30.1 Å². The summed E-state index contributed by atoms with van der Waals surface area (Å²) in [4.78, 5) is 0. The molecule has 1 heterocycles. The molecule has 80 valence electrons. The molecule has 1 N–H and O–H groups in total. The van der Waals surface area contributed by atoms with E-state index >= 15 is 0 Å². The summed E-state index contributed by atoms with van der Waals surface area (Å²) in [6.07, 6.45) is 3.73. The van der Waals surface area contributed by atoms with Gasteiger partial charge in [0.1, 0.15) is 0 Å². The number of nitrogens with zero attached hydrogens (tertiary/aromatic N) is 1. The molecule has 0 saturated heterocycles. The van der Waals surface area contributed by atoms with E-state index in [0.717, 1.165) is 5.56 Å². The number of alkyl halides is 1. The Bertz CT molecular complexity index is 386. The Labute approximate surface area is 88.9 Å².